The molecule has 0 aliphatic carbocycles. The molecule has 0 bridgehead atoms. The van der Waals surface area contributed by atoms with Gasteiger partial charge in [0, 0.05) is 17.2 Å². The Morgan fingerprint density at radius 3 is 2.14 bits per heavy atom. The number of carbonyl (C=O) groups excluding carboxylic acids is 1. The lowest BCUT2D eigenvalue weighted by Gasteiger charge is -2.11. The summed E-state index contributed by atoms with van der Waals surface area (Å²) in [4.78, 5) is 21.8. The summed E-state index contributed by atoms with van der Waals surface area (Å²) in [7, 11) is 0. The Labute approximate surface area is 82.4 Å². The molecule has 0 aliphatic heterocycles. The number of aliphatic hydroxyl groups excluding tert-OH is 1. The fraction of sp³-hybridized carbons (Fsp3) is 0.556. The van der Waals surface area contributed by atoms with Gasteiger partial charge in [-0.3, -0.25) is 4.79 Å². The number of carbonyl (C=O) groups is 2. The molecule has 0 heterocycles. The monoisotopic (exact) mass is 201 g/mol. The molecule has 3 N–H and O–H groups in total. The van der Waals surface area contributed by atoms with Gasteiger partial charge in [-0.2, -0.15) is 0 Å². The fourth-order valence-corrected chi connectivity index (χ4v) is 0.708. The van der Waals surface area contributed by atoms with E-state index in [1.54, 1.807) is 6.92 Å². The Morgan fingerprint density at radius 2 is 1.79 bits per heavy atom. The summed E-state index contributed by atoms with van der Waals surface area (Å²) in [5.41, 5.74) is 0.158. The van der Waals surface area contributed by atoms with Crippen LogP contribution < -0.4 is 5.32 Å². The van der Waals surface area contributed by atoms with E-state index < -0.39 is 11.9 Å². The Kier molecular flexibility index (Phi) is 4.86. The predicted octanol–water partition coefficient (Wildman–Crippen LogP) is -0.0956. The molecule has 0 saturated carbocycles. The Balaban J connectivity index is 4.54. The zero-order chi connectivity index (χ0) is 11.3. The van der Waals surface area contributed by atoms with Crippen molar-refractivity contribution in [2.45, 2.75) is 26.8 Å². The van der Waals surface area contributed by atoms with E-state index >= 15 is 0 Å². The fourth-order valence-electron chi connectivity index (χ4n) is 0.708. The van der Waals surface area contributed by atoms with Gasteiger partial charge >= 0.3 is 5.97 Å². The number of carboxylic acid groups (broad SMARTS) is 1. The largest absolute Gasteiger partial charge is 0.478 e. The van der Waals surface area contributed by atoms with Gasteiger partial charge in [-0.25, -0.2) is 4.79 Å². The van der Waals surface area contributed by atoms with E-state index in [1.165, 1.54) is 13.8 Å². The van der Waals surface area contributed by atoms with Crippen LogP contribution in [0.2, 0.25) is 0 Å². The van der Waals surface area contributed by atoms with E-state index in [4.69, 9.17) is 10.2 Å². The van der Waals surface area contributed by atoms with Crippen molar-refractivity contribution in [1.82, 2.24) is 5.32 Å². The van der Waals surface area contributed by atoms with Gasteiger partial charge in [0.05, 0.1) is 6.61 Å². The normalized spacial score (nSPS) is 14.3. The number of hydrogen-bond donors (Lipinski definition) is 3. The van der Waals surface area contributed by atoms with Crippen LogP contribution in [0.4, 0.5) is 0 Å². The first-order valence-corrected chi connectivity index (χ1v) is 4.22. The van der Waals surface area contributed by atoms with Gasteiger partial charge in [0.2, 0.25) is 5.91 Å². The summed E-state index contributed by atoms with van der Waals surface area (Å²) in [6, 6.07) is -0.376. The van der Waals surface area contributed by atoms with Crippen LogP contribution in [0, 0.1) is 0 Å². The molecule has 14 heavy (non-hydrogen) atoms. The minimum atomic E-state index is -1.12. The third-order valence-electron chi connectivity index (χ3n) is 1.88. The molecular weight excluding hydrogens is 186 g/mol. The van der Waals surface area contributed by atoms with Crippen molar-refractivity contribution in [2.75, 3.05) is 6.61 Å². The summed E-state index contributed by atoms with van der Waals surface area (Å²) in [5.74, 6) is -1.58. The molecule has 0 saturated heterocycles. The zero-order valence-electron chi connectivity index (χ0n) is 8.50. The smallest absolute Gasteiger partial charge is 0.331 e. The molecule has 0 unspecified atom stereocenters. The maximum absolute atomic E-state index is 11.3. The van der Waals surface area contributed by atoms with E-state index in [-0.39, 0.29) is 23.8 Å². The van der Waals surface area contributed by atoms with Crippen LogP contribution >= 0.6 is 0 Å². The molecule has 0 rings (SSSR count). The van der Waals surface area contributed by atoms with Crippen molar-refractivity contribution in [1.29, 1.82) is 0 Å². The van der Waals surface area contributed by atoms with Crippen molar-refractivity contribution < 1.29 is 19.8 Å². The van der Waals surface area contributed by atoms with Crippen LogP contribution in [-0.2, 0) is 9.59 Å². The molecule has 0 aromatic rings. The van der Waals surface area contributed by atoms with E-state index in [9.17, 15) is 9.59 Å². The highest BCUT2D eigenvalue weighted by Crippen LogP contribution is 2.03. The Bertz CT molecular complexity index is 270. The highest BCUT2D eigenvalue weighted by Gasteiger charge is 2.13. The van der Waals surface area contributed by atoms with Crippen LogP contribution in [0.1, 0.15) is 20.8 Å². The van der Waals surface area contributed by atoms with Gasteiger partial charge in [0.25, 0.3) is 0 Å². The van der Waals surface area contributed by atoms with E-state index in [2.05, 4.69) is 5.32 Å². The van der Waals surface area contributed by atoms with Gasteiger partial charge < -0.3 is 15.5 Å². The van der Waals surface area contributed by atoms with Crippen LogP contribution in [0.5, 0.6) is 0 Å². The summed E-state index contributed by atoms with van der Waals surface area (Å²) in [6.45, 7) is 4.25. The second-order valence-corrected chi connectivity index (χ2v) is 3.11. The minimum Gasteiger partial charge on any atom is -0.478 e. The maximum atomic E-state index is 11.3. The minimum absolute atomic E-state index is 0.00707. The maximum Gasteiger partial charge on any atom is 0.331 e. The summed E-state index contributed by atoms with van der Waals surface area (Å²) < 4.78 is 0. The zero-order valence-corrected chi connectivity index (χ0v) is 8.50. The molecule has 0 radical (unpaired) electrons. The predicted molar refractivity (Wildman–Crippen MR) is 50.7 cm³/mol. The molecule has 0 aromatic heterocycles. The molecule has 0 fully saturated rings. The first-order chi connectivity index (χ1) is 6.40. The topological polar surface area (TPSA) is 86.6 Å². The average Bonchev–Trinajstić information content (AvgIpc) is 2.14. The highest BCUT2D eigenvalue weighted by atomic mass is 16.4. The lowest BCUT2D eigenvalue weighted by atomic mass is 10.1. The molecule has 5 heteroatoms. The number of aliphatic hydroxyl groups is 1. The number of rotatable bonds is 4. The molecule has 0 aliphatic rings. The lowest BCUT2D eigenvalue weighted by Crippen LogP contribution is -2.36. The van der Waals surface area contributed by atoms with Crippen molar-refractivity contribution >= 4 is 11.9 Å². The van der Waals surface area contributed by atoms with E-state index in [0.717, 1.165) is 0 Å². The summed E-state index contributed by atoms with van der Waals surface area (Å²) in [5, 5.41) is 19.7. The number of hydrogen-bond acceptors (Lipinski definition) is 3. The third kappa shape index (κ3) is 3.57. The molecule has 0 spiro atoms. The van der Waals surface area contributed by atoms with Gasteiger partial charge in [-0.15, -0.1) is 0 Å². The van der Waals surface area contributed by atoms with Crippen molar-refractivity contribution in [3.63, 3.8) is 0 Å². The summed E-state index contributed by atoms with van der Waals surface area (Å²) >= 11 is 0. The first-order valence-electron chi connectivity index (χ1n) is 4.22. The van der Waals surface area contributed by atoms with Crippen LogP contribution in [0.15, 0.2) is 11.1 Å². The standard InChI is InChI=1S/C9H15NO4/c1-5(4-11)10-8(12)6(2)7(3)9(13)14/h5,11H,4H2,1-3H3,(H,10,12)(H,13,14)/t5-/m1/s1. The Morgan fingerprint density at radius 1 is 1.29 bits per heavy atom. The number of nitrogens with one attached hydrogen (secondary N) is 1. The number of amides is 1. The quantitative estimate of drug-likeness (QED) is 0.554. The molecule has 80 valence electrons. The van der Waals surface area contributed by atoms with Gasteiger partial charge in [0.15, 0.2) is 0 Å². The average molecular weight is 201 g/mol. The number of carboxylic acids is 1. The van der Waals surface area contributed by atoms with Gasteiger partial charge in [-0.1, -0.05) is 0 Å². The second kappa shape index (κ2) is 5.39. The van der Waals surface area contributed by atoms with Gasteiger partial charge in [-0.05, 0) is 20.8 Å². The first kappa shape index (κ1) is 12.6. The second-order valence-electron chi connectivity index (χ2n) is 3.11. The molecule has 1 amide bonds. The van der Waals surface area contributed by atoms with Crippen molar-refractivity contribution in [2.24, 2.45) is 0 Å². The highest BCUT2D eigenvalue weighted by molar-refractivity contribution is 6.01. The van der Waals surface area contributed by atoms with Crippen LogP contribution in [0.25, 0.3) is 0 Å². The third-order valence-corrected chi connectivity index (χ3v) is 1.88. The number of aliphatic carboxylic acids is 1. The van der Waals surface area contributed by atoms with Crippen LogP contribution in [-0.4, -0.2) is 34.7 Å². The Hall–Kier alpha value is -1.36. The molecule has 0 aromatic carbocycles. The molecule has 1 atom stereocenters. The van der Waals surface area contributed by atoms with E-state index in [1.807, 2.05) is 0 Å². The SMILES string of the molecule is CC(C(=O)O)=C(C)C(=O)N[C@H](C)CO. The van der Waals surface area contributed by atoms with Crippen molar-refractivity contribution in [3.05, 3.63) is 11.1 Å². The van der Waals surface area contributed by atoms with Crippen molar-refractivity contribution in [3.8, 4) is 0 Å². The molecule has 5 nitrogen and oxygen atoms in total. The lowest BCUT2D eigenvalue weighted by molar-refractivity contribution is -0.133. The molecular formula is C9H15NO4. The summed E-state index contributed by atoms with van der Waals surface area (Å²) in [6.07, 6.45) is 0. The van der Waals surface area contributed by atoms with Gasteiger partial charge in [0.1, 0.15) is 0 Å². The van der Waals surface area contributed by atoms with Crippen LogP contribution in [0.3, 0.4) is 0 Å². The van der Waals surface area contributed by atoms with E-state index in [0.29, 0.717) is 0 Å².